The van der Waals surface area contributed by atoms with E-state index in [9.17, 15) is 4.79 Å². The fourth-order valence-electron chi connectivity index (χ4n) is 1.67. The summed E-state index contributed by atoms with van der Waals surface area (Å²) in [6.07, 6.45) is 1.81. The number of nitrogens with one attached hydrogen (secondary N) is 1. The van der Waals surface area contributed by atoms with E-state index in [2.05, 4.69) is 4.98 Å². The summed E-state index contributed by atoms with van der Waals surface area (Å²) in [5, 5.41) is 0.929. The number of para-hydroxylation sites is 1. The minimum atomic E-state index is -0.143. The van der Waals surface area contributed by atoms with Crippen LogP contribution in [-0.4, -0.2) is 17.5 Å². The summed E-state index contributed by atoms with van der Waals surface area (Å²) >= 11 is 5.59. The van der Waals surface area contributed by atoms with Gasteiger partial charge < -0.3 is 9.72 Å². The van der Waals surface area contributed by atoms with Crippen molar-refractivity contribution in [1.82, 2.24) is 4.98 Å². The van der Waals surface area contributed by atoms with Crippen molar-refractivity contribution < 1.29 is 4.74 Å². The smallest absolute Gasteiger partial charge is 0.252 e. The largest absolute Gasteiger partial charge is 0.493 e. The minimum absolute atomic E-state index is 0.143. The van der Waals surface area contributed by atoms with Crippen molar-refractivity contribution in [3.8, 4) is 5.75 Å². The number of unbranched alkanes of at least 4 members (excludes halogenated alkanes) is 1. The lowest BCUT2D eigenvalue weighted by Crippen LogP contribution is -2.07. The van der Waals surface area contributed by atoms with E-state index >= 15 is 0 Å². The fourth-order valence-corrected chi connectivity index (χ4v) is 1.86. The van der Waals surface area contributed by atoms with Gasteiger partial charge >= 0.3 is 0 Å². The number of halogens is 1. The van der Waals surface area contributed by atoms with E-state index < -0.39 is 0 Å². The van der Waals surface area contributed by atoms with E-state index in [1.54, 1.807) is 0 Å². The minimum Gasteiger partial charge on any atom is -0.493 e. The van der Waals surface area contributed by atoms with Gasteiger partial charge in [-0.3, -0.25) is 4.79 Å². The van der Waals surface area contributed by atoms with Crippen LogP contribution in [0.1, 0.15) is 12.8 Å². The Kier molecular flexibility index (Phi) is 4.04. The first-order chi connectivity index (χ1) is 8.31. The second kappa shape index (κ2) is 5.73. The van der Waals surface area contributed by atoms with Gasteiger partial charge in [-0.05, 0) is 25.0 Å². The van der Waals surface area contributed by atoms with Crippen LogP contribution >= 0.6 is 11.6 Å². The number of fused-ring (bicyclic) bond motifs is 1. The molecule has 1 aromatic heterocycles. The molecule has 0 aliphatic heterocycles. The SMILES string of the molecule is O=c1cc(OCCCCCl)c2ccccc2[nH]1. The van der Waals surface area contributed by atoms with Crippen LogP contribution in [0.4, 0.5) is 0 Å². The Morgan fingerprint density at radius 3 is 2.88 bits per heavy atom. The molecule has 90 valence electrons. The molecule has 17 heavy (non-hydrogen) atoms. The van der Waals surface area contributed by atoms with Gasteiger partial charge in [-0.15, -0.1) is 11.6 Å². The Morgan fingerprint density at radius 2 is 2.06 bits per heavy atom. The topological polar surface area (TPSA) is 42.1 Å². The molecule has 0 aliphatic rings. The van der Waals surface area contributed by atoms with Gasteiger partial charge in [0, 0.05) is 17.3 Å². The van der Waals surface area contributed by atoms with E-state index in [1.807, 2.05) is 24.3 Å². The predicted molar refractivity (Wildman–Crippen MR) is 70.0 cm³/mol. The summed E-state index contributed by atoms with van der Waals surface area (Å²) in [7, 11) is 0. The van der Waals surface area contributed by atoms with Crippen LogP contribution in [-0.2, 0) is 0 Å². The first-order valence-electron chi connectivity index (χ1n) is 5.62. The zero-order valence-corrected chi connectivity index (χ0v) is 10.2. The summed E-state index contributed by atoms with van der Waals surface area (Å²) in [5.74, 6) is 1.28. The second-order valence-electron chi connectivity index (χ2n) is 3.79. The standard InChI is InChI=1S/C13H14ClNO2/c14-7-3-4-8-17-12-9-13(16)15-11-6-2-1-5-10(11)12/h1-2,5-6,9H,3-4,7-8H2,(H,15,16). The third-order valence-electron chi connectivity index (χ3n) is 2.50. The van der Waals surface area contributed by atoms with Crippen LogP contribution in [0.2, 0.25) is 0 Å². The molecule has 0 fully saturated rings. The summed E-state index contributed by atoms with van der Waals surface area (Å²) in [6, 6.07) is 9.09. The van der Waals surface area contributed by atoms with E-state index in [1.165, 1.54) is 6.07 Å². The molecule has 1 aromatic carbocycles. The Morgan fingerprint density at radius 1 is 1.24 bits per heavy atom. The Balaban J connectivity index is 2.23. The van der Waals surface area contributed by atoms with Gasteiger partial charge in [-0.1, -0.05) is 12.1 Å². The molecule has 4 heteroatoms. The Hall–Kier alpha value is -1.48. The highest BCUT2D eigenvalue weighted by Gasteiger charge is 2.03. The summed E-state index contributed by atoms with van der Waals surface area (Å²) in [5.41, 5.74) is 0.656. The van der Waals surface area contributed by atoms with Gasteiger partial charge in [0.25, 0.3) is 5.56 Å². The van der Waals surface area contributed by atoms with Crippen LogP contribution in [0.25, 0.3) is 10.9 Å². The number of ether oxygens (including phenoxy) is 1. The first-order valence-corrected chi connectivity index (χ1v) is 6.15. The number of benzene rings is 1. The van der Waals surface area contributed by atoms with Gasteiger partial charge in [-0.2, -0.15) is 0 Å². The number of rotatable bonds is 5. The average molecular weight is 252 g/mol. The van der Waals surface area contributed by atoms with Crippen molar-refractivity contribution in [1.29, 1.82) is 0 Å². The van der Waals surface area contributed by atoms with Gasteiger partial charge in [0.15, 0.2) is 0 Å². The van der Waals surface area contributed by atoms with Crippen LogP contribution < -0.4 is 10.3 Å². The maximum absolute atomic E-state index is 11.4. The van der Waals surface area contributed by atoms with Gasteiger partial charge in [0.1, 0.15) is 5.75 Å². The average Bonchev–Trinajstić information content (AvgIpc) is 2.34. The molecule has 0 spiro atoms. The fraction of sp³-hybridized carbons (Fsp3) is 0.308. The molecule has 0 amide bonds. The van der Waals surface area contributed by atoms with Crippen molar-refractivity contribution in [2.75, 3.05) is 12.5 Å². The molecular formula is C13H14ClNO2. The molecule has 3 nitrogen and oxygen atoms in total. The lowest BCUT2D eigenvalue weighted by atomic mass is 10.2. The van der Waals surface area contributed by atoms with Crippen LogP contribution in [0.3, 0.4) is 0 Å². The number of aromatic nitrogens is 1. The maximum Gasteiger partial charge on any atom is 0.252 e. The molecule has 1 heterocycles. The highest BCUT2D eigenvalue weighted by atomic mass is 35.5. The number of aromatic amines is 1. The highest BCUT2D eigenvalue weighted by Crippen LogP contribution is 2.21. The zero-order valence-electron chi connectivity index (χ0n) is 9.41. The van der Waals surface area contributed by atoms with Crippen molar-refractivity contribution in [2.45, 2.75) is 12.8 Å². The molecule has 0 radical (unpaired) electrons. The van der Waals surface area contributed by atoms with Gasteiger partial charge in [0.05, 0.1) is 12.1 Å². The molecule has 1 N–H and O–H groups in total. The third-order valence-corrected chi connectivity index (χ3v) is 2.77. The predicted octanol–water partition coefficient (Wildman–Crippen LogP) is 2.93. The molecule has 2 rings (SSSR count). The molecule has 0 atom stereocenters. The summed E-state index contributed by atoms with van der Waals surface area (Å²) < 4.78 is 5.62. The van der Waals surface area contributed by atoms with Crippen LogP contribution in [0, 0.1) is 0 Å². The van der Waals surface area contributed by atoms with Gasteiger partial charge in [0.2, 0.25) is 0 Å². The molecule has 0 saturated heterocycles. The normalized spacial score (nSPS) is 10.6. The second-order valence-corrected chi connectivity index (χ2v) is 4.17. The van der Waals surface area contributed by atoms with Crippen molar-refractivity contribution in [3.05, 3.63) is 40.7 Å². The van der Waals surface area contributed by atoms with Crippen LogP contribution in [0.15, 0.2) is 35.1 Å². The molecule has 0 unspecified atom stereocenters. The Labute approximate surface area is 104 Å². The third kappa shape index (κ3) is 3.01. The number of hydrogen-bond acceptors (Lipinski definition) is 2. The van der Waals surface area contributed by atoms with E-state index in [-0.39, 0.29) is 5.56 Å². The van der Waals surface area contributed by atoms with Crippen molar-refractivity contribution in [2.24, 2.45) is 0 Å². The highest BCUT2D eigenvalue weighted by molar-refractivity contribution is 6.17. The van der Waals surface area contributed by atoms with Crippen LogP contribution in [0.5, 0.6) is 5.75 Å². The lowest BCUT2D eigenvalue weighted by molar-refractivity contribution is 0.313. The quantitative estimate of drug-likeness (QED) is 0.656. The number of H-pyrrole nitrogens is 1. The molecule has 0 saturated carbocycles. The molecule has 2 aromatic rings. The first kappa shape index (κ1) is 12.0. The van der Waals surface area contributed by atoms with Crippen molar-refractivity contribution in [3.63, 3.8) is 0 Å². The Bertz CT molecular complexity index is 550. The lowest BCUT2D eigenvalue weighted by Gasteiger charge is -2.08. The van der Waals surface area contributed by atoms with Crippen molar-refractivity contribution >= 4 is 22.5 Å². The summed E-state index contributed by atoms with van der Waals surface area (Å²) in [4.78, 5) is 14.2. The monoisotopic (exact) mass is 251 g/mol. The molecule has 0 bridgehead atoms. The number of pyridine rings is 1. The maximum atomic E-state index is 11.4. The van der Waals surface area contributed by atoms with E-state index in [0.29, 0.717) is 18.2 Å². The number of hydrogen-bond donors (Lipinski definition) is 1. The molecular weight excluding hydrogens is 238 g/mol. The van der Waals surface area contributed by atoms with E-state index in [0.717, 1.165) is 23.7 Å². The van der Waals surface area contributed by atoms with Gasteiger partial charge in [-0.25, -0.2) is 0 Å². The summed E-state index contributed by atoms with van der Waals surface area (Å²) in [6.45, 7) is 0.583. The number of alkyl halides is 1. The zero-order chi connectivity index (χ0) is 12.1. The van der Waals surface area contributed by atoms with E-state index in [4.69, 9.17) is 16.3 Å². The molecule has 0 aliphatic carbocycles.